The van der Waals surface area contributed by atoms with Crippen LogP contribution in [-0.4, -0.2) is 23.3 Å². The van der Waals surface area contributed by atoms with Crippen molar-refractivity contribution in [2.45, 2.75) is 19.9 Å². The van der Waals surface area contributed by atoms with E-state index in [1.54, 1.807) is 11.0 Å². The first-order valence-electron chi connectivity index (χ1n) is 5.88. The van der Waals surface area contributed by atoms with Crippen molar-refractivity contribution in [3.63, 3.8) is 0 Å². The summed E-state index contributed by atoms with van der Waals surface area (Å²) < 4.78 is 0. The second-order valence-electron chi connectivity index (χ2n) is 4.45. The molecule has 18 heavy (non-hydrogen) atoms. The van der Waals surface area contributed by atoms with E-state index in [1.807, 2.05) is 32.0 Å². The lowest BCUT2D eigenvalue weighted by atomic mass is 9.96. The molecule has 0 radical (unpaired) electrons. The summed E-state index contributed by atoms with van der Waals surface area (Å²) in [5.74, 6) is 0.357. The average molecular weight is 243 g/mol. The zero-order valence-electron chi connectivity index (χ0n) is 10.7. The Bertz CT molecular complexity index is 534. The third kappa shape index (κ3) is 1.90. The van der Waals surface area contributed by atoms with Crippen LogP contribution in [0.2, 0.25) is 0 Å². The van der Waals surface area contributed by atoms with Gasteiger partial charge in [0.1, 0.15) is 11.9 Å². The molecule has 0 aliphatic carbocycles. The fourth-order valence-electron chi connectivity index (χ4n) is 2.23. The van der Waals surface area contributed by atoms with Gasteiger partial charge >= 0.3 is 6.03 Å². The molecular formula is C14H17N3O. The number of nitrogens with two attached hydrogens (primary N) is 1. The molecule has 1 aromatic rings. The zero-order chi connectivity index (χ0) is 13.3. The molecule has 0 bridgehead atoms. The summed E-state index contributed by atoms with van der Waals surface area (Å²) in [6.07, 6.45) is 1.68. The molecule has 94 valence electrons. The molecule has 0 aromatic heterocycles. The molecule has 4 heteroatoms. The van der Waals surface area contributed by atoms with Crippen LogP contribution in [0.1, 0.15) is 22.7 Å². The Hall–Kier alpha value is -2.10. The largest absolute Gasteiger partial charge is 0.385 e. The predicted octanol–water partition coefficient (Wildman–Crippen LogP) is 2.32. The van der Waals surface area contributed by atoms with Gasteiger partial charge < -0.3 is 10.6 Å². The van der Waals surface area contributed by atoms with E-state index in [4.69, 9.17) is 5.73 Å². The van der Waals surface area contributed by atoms with Crippen LogP contribution in [0.3, 0.4) is 0 Å². The number of hydrogen-bond acceptors (Lipinski definition) is 2. The first-order chi connectivity index (χ1) is 8.56. The van der Waals surface area contributed by atoms with E-state index in [0.29, 0.717) is 12.4 Å². The highest BCUT2D eigenvalue weighted by Crippen LogP contribution is 2.30. The zero-order valence-corrected chi connectivity index (χ0v) is 10.7. The van der Waals surface area contributed by atoms with Crippen LogP contribution >= 0.6 is 0 Å². The second-order valence-corrected chi connectivity index (χ2v) is 4.45. The standard InChI is InChI=1S/C14H17N3O/c1-4-8-17-12(13(15)16-14(17)18)11-7-5-6-9(2)10(11)3/h4-7,12H,1,8H2,2-3H3,(H2,15,16,18). The molecule has 2 N–H and O–H groups in total. The quantitative estimate of drug-likeness (QED) is 0.828. The van der Waals surface area contributed by atoms with Gasteiger partial charge in [0.15, 0.2) is 0 Å². The first-order valence-corrected chi connectivity index (χ1v) is 5.88. The van der Waals surface area contributed by atoms with Gasteiger partial charge in [-0.05, 0) is 30.5 Å². The summed E-state index contributed by atoms with van der Waals surface area (Å²) in [7, 11) is 0. The lowest BCUT2D eigenvalue weighted by molar-refractivity contribution is 0.212. The highest BCUT2D eigenvalue weighted by Gasteiger charge is 2.34. The number of aliphatic imine (C=N–C) groups is 1. The smallest absolute Gasteiger partial charge is 0.346 e. The van der Waals surface area contributed by atoms with Crippen molar-refractivity contribution in [1.82, 2.24) is 4.90 Å². The summed E-state index contributed by atoms with van der Waals surface area (Å²) in [4.78, 5) is 17.2. The maximum Gasteiger partial charge on any atom is 0.346 e. The number of nitrogens with zero attached hydrogens (tertiary/aromatic N) is 2. The van der Waals surface area contributed by atoms with Crippen LogP contribution in [0, 0.1) is 13.8 Å². The molecular weight excluding hydrogens is 226 g/mol. The minimum Gasteiger partial charge on any atom is -0.385 e. The third-order valence-electron chi connectivity index (χ3n) is 3.33. The number of amides is 2. The molecule has 1 aromatic carbocycles. The summed E-state index contributed by atoms with van der Waals surface area (Å²) in [5, 5.41) is 0. The van der Waals surface area contributed by atoms with E-state index in [-0.39, 0.29) is 12.1 Å². The number of carbonyl (C=O) groups is 1. The van der Waals surface area contributed by atoms with E-state index in [0.717, 1.165) is 11.1 Å². The van der Waals surface area contributed by atoms with Gasteiger partial charge in [-0.15, -0.1) is 6.58 Å². The van der Waals surface area contributed by atoms with Crippen molar-refractivity contribution < 1.29 is 4.79 Å². The number of carbonyl (C=O) groups excluding carboxylic acids is 1. The van der Waals surface area contributed by atoms with Crippen LogP contribution in [-0.2, 0) is 0 Å². The van der Waals surface area contributed by atoms with E-state index in [2.05, 4.69) is 11.6 Å². The number of amidine groups is 1. The lowest BCUT2D eigenvalue weighted by Crippen LogP contribution is -2.34. The Balaban J connectivity index is 2.47. The minimum absolute atomic E-state index is 0.268. The van der Waals surface area contributed by atoms with Gasteiger partial charge in [0, 0.05) is 6.54 Å². The topological polar surface area (TPSA) is 58.7 Å². The number of hydrogen-bond donors (Lipinski definition) is 1. The summed E-state index contributed by atoms with van der Waals surface area (Å²) >= 11 is 0. The third-order valence-corrected chi connectivity index (χ3v) is 3.33. The molecule has 0 fully saturated rings. The number of urea groups is 1. The Labute approximate surface area is 107 Å². The SMILES string of the molecule is C=CCN1C(=O)N=C(N)C1c1cccc(C)c1C. The predicted molar refractivity (Wildman–Crippen MR) is 72.6 cm³/mol. The van der Waals surface area contributed by atoms with Crippen LogP contribution < -0.4 is 5.73 Å². The number of rotatable bonds is 3. The maximum atomic E-state index is 11.8. The molecule has 4 nitrogen and oxygen atoms in total. The maximum absolute atomic E-state index is 11.8. The second kappa shape index (κ2) is 4.64. The van der Waals surface area contributed by atoms with E-state index >= 15 is 0 Å². The average Bonchev–Trinajstić information content (AvgIpc) is 2.59. The summed E-state index contributed by atoms with van der Waals surface area (Å²) in [6.45, 7) is 8.19. The van der Waals surface area contributed by atoms with Gasteiger partial charge in [-0.2, -0.15) is 4.99 Å². The van der Waals surface area contributed by atoms with Crippen LogP contribution in [0.5, 0.6) is 0 Å². The van der Waals surface area contributed by atoms with Gasteiger partial charge in [-0.1, -0.05) is 24.3 Å². The fraction of sp³-hybridized carbons (Fsp3) is 0.286. The molecule has 1 aliphatic rings. The Morgan fingerprint density at radius 1 is 1.50 bits per heavy atom. The molecule has 2 amide bonds. The van der Waals surface area contributed by atoms with Gasteiger partial charge in [0.05, 0.1) is 0 Å². The van der Waals surface area contributed by atoms with Crippen LogP contribution in [0.25, 0.3) is 0 Å². The minimum atomic E-state index is -0.293. The number of aryl methyl sites for hydroxylation is 1. The molecule has 1 aliphatic heterocycles. The summed E-state index contributed by atoms with van der Waals surface area (Å²) in [6, 6.07) is 5.44. The Morgan fingerprint density at radius 3 is 2.89 bits per heavy atom. The highest BCUT2D eigenvalue weighted by molar-refractivity contribution is 6.03. The molecule has 0 spiro atoms. The van der Waals surface area contributed by atoms with Crippen molar-refractivity contribution in [2.24, 2.45) is 10.7 Å². The van der Waals surface area contributed by atoms with Gasteiger partial charge in [0.2, 0.25) is 0 Å². The lowest BCUT2D eigenvalue weighted by Gasteiger charge is -2.25. The highest BCUT2D eigenvalue weighted by atomic mass is 16.2. The molecule has 1 unspecified atom stereocenters. The normalized spacial score (nSPS) is 19.0. The molecule has 2 rings (SSSR count). The van der Waals surface area contributed by atoms with Crippen LogP contribution in [0.15, 0.2) is 35.8 Å². The van der Waals surface area contributed by atoms with E-state index < -0.39 is 0 Å². The van der Waals surface area contributed by atoms with Crippen molar-refractivity contribution in [2.75, 3.05) is 6.54 Å². The Morgan fingerprint density at radius 2 is 2.22 bits per heavy atom. The Kier molecular flexibility index (Phi) is 3.19. The first kappa shape index (κ1) is 12.4. The van der Waals surface area contributed by atoms with E-state index in [9.17, 15) is 4.79 Å². The van der Waals surface area contributed by atoms with E-state index in [1.165, 1.54) is 5.56 Å². The van der Waals surface area contributed by atoms with Gasteiger partial charge in [0.25, 0.3) is 0 Å². The molecule has 0 saturated heterocycles. The monoisotopic (exact) mass is 243 g/mol. The van der Waals surface area contributed by atoms with Gasteiger partial charge in [-0.25, -0.2) is 4.79 Å². The molecule has 1 atom stereocenters. The van der Waals surface area contributed by atoms with Crippen molar-refractivity contribution in [1.29, 1.82) is 0 Å². The van der Waals surface area contributed by atoms with Crippen molar-refractivity contribution >= 4 is 11.9 Å². The van der Waals surface area contributed by atoms with Gasteiger partial charge in [-0.3, -0.25) is 0 Å². The summed E-state index contributed by atoms with van der Waals surface area (Å²) in [5.41, 5.74) is 9.25. The molecule has 1 heterocycles. The fourth-order valence-corrected chi connectivity index (χ4v) is 2.23. The van der Waals surface area contributed by atoms with Crippen molar-refractivity contribution in [3.8, 4) is 0 Å². The molecule has 0 saturated carbocycles. The van der Waals surface area contributed by atoms with Crippen molar-refractivity contribution in [3.05, 3.63) is 47.5 Å². The van der Waals surface area contributed by atoms with Crippen LogP contribution in [0.4, 0.5) is 4.79 Å². The number of benzene rings is 1.